The summed E-state index contributed by atoms with van der Waals surface area (Å²) in [6.07, 6.45) is 12.2. The summed E-state index contributed by atoms with van der Waals surface area (Å²) in [5, 5.41) is 3.79. The fraction of sp³-hybridized carbons (Fsp3) is 1.00. The molecule has 3 fully saturated rings. The zero-order valence-electron chi connectivity index (χ0n) is 11.9. The van der Waals surface area contributed by atoms with Crippen molar-refractivity contribution in [2.24, 2.45) is 11.8 Å². The average molecular weight is 251 g/mol. The average Bonchev–Trinajstić information content (AvgIpc) is 2.40. The highest BCUT2D eigenvalue weighted by molar-refractivity contribution is 4.94. The van der Waals surface area contributed by atoms with Crippen molar-refractivity contribution in [3.8, 4) is 0 Å². The number of hydrogen-bond acceptors (Lipinski definition) is 2. The minimum Gasteiger partial charge on any atom is -0.375 e. The van der Waals surface area contributed by atoms with Crippen LogP contribution in [0.25, 0.3) is 0 Å². The molecule has 0 radical (unpaired) electrons. The zero-order valence-corrected chi connectivity index (χ0v) is 11.9. The first-order valence-corrected chi connectivity index (χ1v) is 8.15. The van der Waals surface area contributed by atoms with Crippen LogP contribution >= 0.6 is 0 Å². The fourth-order valence-electron chi connectivity index (χ4n) is 4.46. The van der Waals surface area contributed by atoms with Crippen LogP contribution in [0.4, 0.5) is 0 Å². The van der Waals surface area contributed by atoms with Gasteiger partial charge in [0.25, 0.3) is 0 Å². The monoisotopic (exact) mass is 251 g/mol. The Hall–Kier alpha value is -0.0800. The molecule has 2 aliphatic heterocycles. The molecule has 1 saturated carbocycles. The molecule has 1 spiro atoms. The van der Waals surface area contributed by atoms with Gasteiger partial charge in [0.2, 0.25) is 0 Å². The Balaban J connectivity index is 1.62. The van der Waals surface area contributed by atoms with Gasteiger partial charge in [0.15, 0.2) is 0 Å². The van der Waals surface area contributed by atoms with Crippen molar-refractivity contribution in [1.29, 1.82) is 0 Å². The third kappa shape index (κ3) is 2.75. The standard InChI is InChI=1S/C16H29NO/c1-13-5-9-17-15(11-13)14-6-10-18-16(12-14)7-3-2-4-8-16/h13-15,17H,2-12H2,1H3. The lowest BCUT2D eigenvalue weighted by Gasteiger charge is -2.47. The molecule has 2 heteroatoms. The molecule has 1 N–H and O–H groups in total. The second-order valence-electron chi connectivity index (χ2n) is 7.04. The molecule has 2 heterocycles. The molecule has 3 rings (SSSR count). The van der Waals surface area contributed by atoms with Crippen molar-refractivity contribution in [3.63, 3.8) is 0 Å². The highest BCUT2D eigenvalue weighted by Gasteiger charge is 2.41. The summed E-state index contributed by atoms with van der Waals surface area (Å²) in [4.78, 5) is 0. The maximum Gasteiger partial charge on any atom is 0.0685 e. The van der Waals surface area contributed by atoms with Gasteiger partial charge in [-0.2, -0.15) is 0 Å². The van der Waals surface area contributed by atoms with Crippen LogP contribution in [0.5, 0.6) is 0 Å². The first-order valence-electron chi connectivity index (χ1n) is 8.15. The van der Waals surface area contributed by atoms with E-state index in [2.05, 4.69) is 12.2 Å². The van der Waals surface area contributed by atoms with Gasteiger partial charge < -0.3 is 10.1 Å². The van der Waals surface area contributed by atoms with Crippen molar-refractivity contribution in [2.45, 2.75) is 76.4 Å². The largest absolute Gasteiger partial charge is 0.375 e. The van der Waals surface area contributed by atoms with Crippen LogP contribution in [-0.4, -0.2) is 24.8 Å². The van der Waals surface area contributed by atoms with Gasteiger partial charge in [-0.3, -0.25) is 0 Å². The van der Waals surface area contributed by atoms with E-state index in [0.717, 1.165) is 24.5 Å². The summed E-state index contributed by atoms with van der Waals surface area (Å²) in [5.74, 6) is 1.79. The van der Waals surface area contributed by atoms with Crippen molar-refractivity contribution in [3.05, 3.63) is 0 Å². The van der Waals surface area contributed by atoms with Gasteiger partial charge >= 0.3 is 0 Å². The molecule has 0 amide bonds. The summed E-state index contributed by atoms with van der Waals surface area (Å²) in [6.45, 7) is 4.66. The van der Waals surface area contributed by atoms with Crippen molar-refractivity contribution in [2.75, 3.05) is 13.2 Å². The van der Waals surface area contributed by atoms with Crippen LogP contribution in [0.1, 0.15) is 64.7 Å². The molecular formula is C16H29NO. The quantitative estimate of drug-likeness (QED) is 0.770. The first-order chi connectivity index (χ1) is 8.77. The third-order valence-electron chi connectivity index (χ3n) is 5.56. The number of nitrogens with one attached hydrogen (secondary N) is 1. The maximum absolute atomic E-state index is 6.23. The van der Waals surface area contributed by atoms with E-state index in [1.807, 2.05) is 0 Å². The van der Waals surface area contributed by atoms with E-state index < -0.39 is 0 Å². The number of ether oxygens (including phenoxy) is 1. The summed E-state index contributed by atoms with van der Waals surface area (Å²) in [7, 11) is 0. The normalized spacial score (nSPS) is 40.8. The van der Waals surface area contributed by atoms with Crippen molar-refractivity contribution >= 4 is 0 Å². The van der Waals surface area contributed by atoms with E-state index in [-0.39, 0.29) is 5.60 Å². The number of hydrogen-bond donors (Lipinski definition) is 1. The highest BCUT2D eigenvalue weighted by Crippen LogP contribution is 2.42. The molecule has 1 aliphatic carbocycles. The Labute approximate surface area is 112 Å². The molecule has 3 atom stereocenters. The lowest BCUT2D eigenvalue weighted by molar-refractivity contribution is -0.123. The minimum atomic E-state index is 0.281. The second-order valence-corrected chi connectivity index (χ2v) is 7.04. The van der Waals surface area contributed by atoms with Gasteiger partial charge in [-0.1, -0.05) is 26.2 Å². The Bertz CT molecular complexity index is 267. The lowest BCUT2D eigenvalue weighted by Crippen LogP contribution is -2.50. The Morgan fingerprint density at radius 3 is 2.72 bits per heavy atom. The molecule has 0 bridgehead atoms. The molecule has 2 saturated heterocycles. The molecule has 3 unspecified atom stereocenters. The predicted molar refractivity (Wildman–Crippen MR) is 74.7 cm³/mol. The summed E-state index contributed by atoms with van der Waals surface area (Å²) in [5.41, 5.74) is 0.281. The van der Waals surface area contributed by atoms with E-state index in [1.54, 1.807) is 0 Å². The van der Waals surface area contributed by atoms with E-state index in [9.17, 15) is 0 Å². The summed E-state index contributed by atoms with van der Waals surface area (Å²) in [6, 6.07) is 0.774. The predicted octanol–water partition coefficient (Wildman–Crippen LogP) is 3.50. The molecule has 0 aromatic heterocycles. The number of rotatable bonds is 1. The molecule has 0 aromatic carbocycles. The van der Waals surface area contributed by atoms with Gasteiger partial charge in [0, 0.05) is 12.6 Å². The molecule has 2 nitrogen and oxygen atoms in total. The van der Waals surface area contributed by atoms with E-state index in [4.69, 9.17) is 4.74 Å². The van der Waals surface area contributed by atoms with E-state index in [0.29, 0.717) is 0 Å². The van der Waals surface area contributed by atoms with Gasteiger partial charge in [0.05, 0.1) is 5.60 Å². The summed E-state index contributed by atoms with van der Waals surface area (Å²) < 4.78 is 6.23. The SMILES string of the molecule is CC1CCNC(C2CCOC3(CCCCC3)C2)C1. The van der Waals surface area contributed by atoms with Crippen LogP contribution in [0.15, 0.2) is 0 Å². The van der Waals surface area contributed by atoms with Crippen molar-refractivity contribution < 1.29 is 4.74 Å². The Morgan fingerprint density at radius 1 is 1.11 bits per heavy atom. The zero-order chi connectivity index (χ0) is 12.4. The van der Waals surface area contributed by atoms with Crippen LogP contribution < -0.4 is 5.32 Å². The molecule has 0 aromatic rings. The smallest absolute Gasteiger partial charge is 0.0685 e. The molecular weight excluding hydrogens is 222 g/mol. The van der Waals surface area contributed by atoms with Gasteiger partial charge in [-0.15, -0.1) is 0 Å². The summed E-state index contributed by atoms with van der Waals surface area (Å²) >= 11 is 0. The van der Waals surface area contributed by atoms with Crippen LogP contribution in [-0.2, 0) is 4.74 Å². The topological polar surface area (TPSA) is 21.3 Å². The van der Waals surface area contributed by atoms with Crippen LogP contribution in [0, 0.1) is 11.8 Å². The maximum atomic E-state index is 6.23. The molecule has 3 aliphatic rings. The number of piperidine rings is 1. The van der Waals surface area contributed by atoms with Crippen LogP contribution in [0.3, 0.4) is 0 Å². The first kappa shape index (κ1) is 12.9. The van der Waals surface area contributed by atoms with E-state index >= 15 is 0 Å². The van der Waals surface area contributed by atoms with Gasteiger partial charge in [-0.25, -0.2) is 0 Å². The molecule has 104 valence electrons. The van der Waals surface area contributed by atoms with E-state index in [1.165, 1.54) is 64.3 Å². The minimum absolute atomic E-state index is 0.281. The van der Waals surface area contributed by atoms with Crippen LogP contribution in [0.2, 0.25) is 0 Å². The Morgan fingerprint density at radius 2 is 1.94 bits per heavy atom. The fourth-order valence-corrected chi connectivity index (χ4v) is 4.46. The Kier molecular flexibility index (Phi) is 3.95. The highest BCUT2D eigenvalue weighted by atomic mass is 16.5. The molecule has 18 heavy (non-hydrogen) atoms. The van der Waals surface area contributed by atoms with Crippen molar-refractivity contribution in [1.82, 2.24) is 5.32 Å². The van der Waals surface area contributed by atoms with Gasteiger partial charge in [0.1, 0.15) is 0 Å². The van der Waals surface area contributed by atoms with Gasteiger partial charge in [-0.05, 0) is 56.9 Å². The lowest BCUT2D eigenvalue weighted by atomic mass is 9.72. The third-order valence-corrected chi connectivity index (χ3v) is 5.56. The second kappa shape index (κ2) is 5.50.